The van der Waals surface area contributed by atoms with Gasteiger partial charge in [0.1, 0.15) is 11.4 Å². The third-order valence-electron chi connectivity index (χ3n) is 4.29. The third kappa shape index (κ3) is 4.28. The highest BCUT2D eigenvalue weighted by Gasteiger charge is 2.52. The van der Waals surface area contributed by atoms with E-state index in [2.05, 4.69) is 5.32 Å². The quantitative estimate of drug-likeness (QED) is 0.846. The molecule has 0 aliphatic carbocycles. The van der Waals surface area contributed by atoms with E-state index in [1.54, 1.807) is 32.9 Å². The summed E-state index contributed by atoms with van der Waals surface area (Å²) >= 11 is 0. The molecule has 1 aromatic carbocycles. The first-order valence-corrected chi connectivity index (χ1v) is 8.18. The number of hydrogen-bond acceptors (Lipinski definition) is 5. The second-order valence-electron chi connectivity index (χ2n) is 8.04. The Labute approximate surface area is 154 Å². The first-order valence-electron chi connectivity index (χ1n) is 9.68. The average Bonchev–Trinajstić information content (AvgIpc) is 2.65. The van der Waals surface area contributed by atoms with Gasteiger partial charge in [0, 0.05) is 5.46 Å². The molecule has 0 unspecified atom stereocenters. The highest BCUT2D eigenvalue weighted by molar-refractivity contribution is 6.63. The molecular weight excluding hydrogens is 321 g/mol. The Balaban J connectivity index is 2.42. The largest absolute Gasteiger partial charge is 0.498 e. The molecule has 0 spiro atoms. The average molecular weight is 352 g/mol. The predicted molar refractivity (Wildman–Crippen MR) is 98.6 cm³/mol. The Bertz CT molecular complexity index is 728. The van der Waals surface area contributed by atoms with Crippen LogP contribution in [0.5, 0.6) is 5.75 Å². The summed E-state index contributed by atoms with van der Waals surface area (Å²) in [6, 6.07) is 4.82. The molecular formula is C18H28BNO5. The van der Waals surface area contributed by atoms with Gasteiger partial charge in [-0.25, -0.2) is 4.79 Å². The number of ether oxygens (including phenoxy) is 2. The fraction of sp³-hybridized carbons (Fsp3) is 0.611. The number of amides is 1. The molecule has 1 N–H and O–H groups in total. The first kappa shape index (κ1) is 15.5. The van der Waals surface area contributed by atoms with Crippen LogP contribution in [0.3, 0.4) is 0 Å². The number of benzene rings is 1. The van der Waals surface area contributed by atoms with Crippen LogP contribution < -0.4 is 15.5 Å². The van der Waals surface area contributed by atoms with E-state index in [0.29, 0.717) is 5.46 Å². The van der Waals surface area contributed by atoms with Gasteiger partial charge in [-0.05, 0) is 54.5 Å². The van der Waals surface area contributed by atoms with E-state index in [1.165, 1.54) is 6.07 Å². The molecule has 1 aliphatic rings. The summed E-state index contributed by atoms with van der Waals surface area (Å²) in [6.45, 7) is 12.7. The monoisotopic (exact) mass is 352 g/mol. The molecule has 25 heavy (non-hydrogen) atoms. The SMILES string of the molecule is [2H]C([2H])([2H])Oc1c(NC(=O)OC(C)(C)C)cccc1B1OC(C)(C)C(C)(C)O1. The number of anilines is 1. The van der Waals surface area contributed by atoms with Crippen molar-refractivity contribution in [3.8, 4) is 5.75 Å². The number of hydrogen-bond donors (Lipinski definition) is 1. The molecule has 0 radical (unpaired) electrons. The van der Waals surface area contributed by atoms with E-state index >= 15 is 0 Å². The highest BCUT2D eigenvalue weighted by atomic mass is 16.7. The summed E-state index contributed by atoms with van der Waals surface area (Å²) in [7, 11) is -3.59. The zero-order valence-electron chi connectivity index (χ0n) is 18.9. The Morgan fingerprint density at radius 3 is 2.32 bits per heavy atom. The maximum Gasteiger partial charge on any atom is 0.498 e. The minimum Gasteiger partial charge on any atom is -0.495 e. The van der Waals surface area contributed by atoms with Crippen LogP contribution >= 0.6 is 0 Å². The number of carbonyl (C=O) groups excluding carboxylic acids is 1. The zero-order valence-corrected chi connectivity index (χ0v) is 15.9. The van der Waals surface area contributed by atoms with E-state index in [1.807, 2.05) is 27.7 Å². The van der Waals surface area contributed by atoms with Gasteiger partial charge in [0.05, 0.1) is 28.0 Å². The standard InChI is InChI=1S/C18H28BNO5/c1-16(2,3)23-15(21)20-13-11-9-10-12(14(13)22-8)19-24-17(4,5)18(6,7)25-19/h9-11H,1-8H3,(H,20,21)/i8D3. The lowest BCUT2D eigenvalue weighted by atomic mass is 9.78. The number of para-hydroxylation sites is 1. The van der Waals surface area contributed by atoms with Crippen molar-refractivity contribution in [3.05, 3.63) is 18.2 Å². The van der Waals surface area contributed by atoms with Crippen LogP contribution in [0.4, 0.5) is 10.5 Å². The van der Waals surface area contributed by atoms with Crippen molar-refractivity contribution in [3.63, 3.8) is 0 Å². The number of rotatable bonds is 3. The first-order chi connectivity index (χ1) is 12.5. The second-order valence-corrected chi connectivity index (χ2v) is 8.04. The van der Waals surface area contributed by atoms with Gasteiger partial charge < -0.3 is 18.8 Å². The minimum absolute atomic E-state index is 0.0492. The van der Waals surface area contributed by atoms with Crippen LogP contribution in [0.1, 0.15) is 52.6 Å². The van der Waals surface area contributed by atoms with Crippen LogP contribution in [-0.4, -0.2) is 37.1 Å². The van der Waals surface area contributed by atoms with Gasteiger partial charge in [-0.2, -0.15) is 0 Å². The molecule has 1 aliphatic heterocycles. The summed E-state index contributed by atoms with van der Waals surface area (Å²) in [5.74, 6) is -0.0492. The van der Waals surface area contributed by atoms with Crippen molar-refractivity contribution < 1.29 is 27.7 Å². The predicted octanol–water partition coefficient (Wildman–Crippen LogP) is 3.34. The molecule has 138 valence electrons. The van der Waals surface area contributed by atoms with Crippen LogP contribution in [-0.2, 0) is 14.0 Å². The maximum atomic E-state index is 12.2. The minimum atomic E-state index is -2.73. The van der Waals surface area contributed by atoms with Crippen molar-refractivity contribution in [1.29, 1.82) is 0 Å². The Morgan fingerprint density at radius 2 is 1.80 bits per heavy atom. The summed E-state index contributed by atoms with van der Waals surface area (Å²) in [5.41, 5.74) is -1.44. The van der Waals surface area contributed by atoms with Gasteiger partial charge in [-0.15, -0.1) is 0 Å². The number of methoxy groups -OCH3 is 1. The van der Waals surface area contributed by atoms with Gasteiger partial charge in [0.25, 0.3) is 0 Å². The lowest BCUT2D eigenvalue weighted by Crippen LogP contribution is -2.41. The Morgan fingerprint density at radius 1 is 1.20 bits per heavy atom. The van der Waals surface area contributed by atoms with E-state index < -0.39 is 37.1 Å². The van der Waals surface area contributed by atoms with Gasteiger partial charge in [0.2, 0.25) is 0 Å². The molecule has 7 heteroatoms. The second kappa shape index (κ2) is 6.54. The summed E-state index contributed by atoms with van der Waals surface area (Å²) < 4.78 is 45.0. The fourth-order valence-corrected chi connectivity index (χ4v) is 2.34. The summed E-state index contributed by atoms with van der Waals surface area (Å²) in [4.78, 5) is 12.2. The van der Waals surface area contributed by atoms with Crippen molar-refractivity contribution in [2.75, 3.05) is 12.4 Å². The molecule has 0 atom stereocenters. The van der Waals surface area contributed by atoms with Crippen LogP contribution in [0.15, 0.2) is 18.2 Å². The Kier molecular flexibility index (Phi) is 4.06. The molecule has 2 rings (SSSR count). The molecule has 6 nitrogen and oxygen atoms in total. The fourth-order valence-electron chi connectivity index (χ4n) is 2.34. The third-order valence-corrected chi connectivity index (χ3v) is 4.29. The van der Waals surface area contributed by atoms with Crippen molar-refractivity contribution in [2.24, 2.45) is 0 Å². The highest BCUT2D eigenvalue weighted by Crippen LogP contribution is 2.38. The van der Waals surface area contributed by atoms with Gasteiger partial charge >= 0.3 is 13.2 Å². The van der Waals surface area contributed by atoms with E-state index in [0.717, 1.165) is 0 Å². The normalized spacial score (nSPS) is 21.1. The molecule has 1 fully saturated rings. The summed E-state index contributed by atoms with van der Waals surface area (Å²) in [5, 5.41) is 2.55. The maximum absolute atomic E-state index is 12.2. The Hall–Kier alpha value is -1.73. The lowest BCUT2D eigenvalue weighted by Gasteiger charge is -2.32. The van der Waals surface area contributed by atoms with Gasteiger partial charge in [0.15, 0.2) is 0 Å². The summed E-state index contributed by atoms with van der Waals surface area (Å²) in [6.07, 6.45) is -0.728. The van der Waals surface area contributed by atoms with Crippen LogP contribution in [0.2, 0.25) is 0 Å². The van der Waals surface area contributed by atoms with E-state index in [4.69, 9.17) is 22.9 Å². The molecule has 1 saturated heterocycles. The van der Waals surface area contributed by atoms with Crippen molar-refractivity contribution in [2.45, 2.75) is 65.3 Å². The van der Waals surface area contributed by atoms with Gasteiger partial charge in [-0.1, -0.05) is 12.1 Å². The smallest absolute Gasteiger partial charge is 0.495 e. The molecule has 0 saturated carbocycles. The van der Waals surface area contributed by atoms with Crippen molar-refractivity contribution >= 4 is 24.4 Å². The van der Waals surface area contributed by atoms with Crippen molar-refractivity contribution in [1.82, 2.24) is 0 Å². The van der Waals surface area contributed by atoms with Crippen LogP contribution in [0.25, 0.3) is 0 Å². The topological polar surface area (TPSA) is 66.0 Å². The number of carbonyl (C=O) groups is 1. The zero-order chi connectivity index (χ0) is 21.5. The van der Waals surface area contributed by atoms with Gasteiger partial charge in [-0.3, -0.25) is 5.32 Å². The molecule has 1 amide bonds. The van der Waals surface area contributed by atoms with E-state index in [9.17, 15) is 4.79 Å². The molecule has 0 aromatic heterocycles. The lowest BCUT2D eigenvalue weighted by molar-refractivity contribution is 0.00578. The molecule has 0 bridgehead atoms. The number of nitrogens with one attached hydrogen (secondary N) is 1. The molecule has 1 heterocycles. The molecule has 1 aromatic rings. The van der Waals surface area contributed by atoms with E-state index in [-0.39, 0.29) is 11.4 Å². The van der Waals surface area contributed by atoms with Crippen LogP contribution in [0, 0.1) is 0 Å².